The van der Waals surface area contributed by atoms with E-state index in [1.807, 2.05) is 0 Å². The van der Waals surface area contributed by atoms with Gasteiger partial charge in [0.05, 0.1) is 0 Å². The molecule has 0 saturated heterocycles. The zero-order valence-corrected chi connectivity index (χ0v) is 13.3. The smallest absolute Gasteiger partial charge is 0.370 e. The minimum Gasteiger partial charge on any atom is -0.370 e. The maximum absolute atomic E-state index is 6.02. The Morgan fingerprint density at radius 1 is 0.824 bits per heavy atom. The van der Waals surface area contributed by atoms with Gasteiger partial charge in [-0.3, -0.25) is 9.96 Å². The highest BCUT2D eigenvalue weighted by Crippen LogP contribution is 2.06. The molecule has 0 fully saturated rings. The minimum atomic E-state index is -2.42. The number of rotatable bonds is 10. The van der Waals surface area contributed by atoms with Crippen LogP contribution in [0.5, 0.6) is 0 Å². The van der Waals surface area contributed by atoms with Crippen LogP contribution in [0.1, 0.15) is 41.5 Å². The molecule has 0 spiro atoms. The lowest BCUT2D eigenvalue weighted by Crippen LogP contribution is -2.67. The summed E-state index contributed by atoms with van der Waals surface area (Å²) in [6, 6.07) is 0. The van der Waals surface area contributed by atoms with Crippen LogP contribution < -0.4 is 9.96 Å². The van der Waals surface area contributed by atoms with E-state index in [4.69, 9.17) is 8.85 Å². The van der Waals surface area contributed by atoms with Gasteiger partial charge in [0.15, 0.2) is 0 Å². The van der Waals surface area contributed by atoms with Crippen molar-refractivity contribution in [2.24, 2.45) is 11.8 Å². The van der Waals surface area contributed by atoms with Crippen LogP contribution >= 0.6 is 0 Å². The third kappa shape index (κ3) is 7.89. The third-order valence-corrected chi connectivity index (χ3v) is 4.84. The molecule has 0 rings (SSSR count). The fraction of sp³-hybridized carbons (Fsp3) is 1.00. The van der Waals surface area contributed by atoms with Crippen molar-refractivity contribution in [3.63, 3.8) is 0 Å². The monoisotopic (exact) mass is 262 g/mol. The number of hydrogen-bond donors (Lipinski definition) is 2. The molecule has 5 heteroatoms. The van der Waals surface area contributed by atoms with E-state index in [1.54, 1.807) is 0 Å². The lowest BCUT2D eigenvalue weighted by molar-refractivity contribution is 0.119. The molecule has 17 heavy (non-hydrogen) atoms. The van der Waals surface area contributed by atoms with Crippen molar-refractivity contribution in [2.75, 3.05) is 26.3 Å². The summed E-state index contributed by atoms with van der Waals surface area (Å²) in [5.41, 5.74) is 0. The minimum absolute atomic E-state index is 0.516. The summed E-state index contributed by atoms with van der Waals surface area (Å²) in [5.74, 6) is 1.03. The van der Waals surface area contributed by atoms with Crippen molar-refractivity contribution in [3.8, 4) is 0 Å². The zero-order valence-electron chi connectivity index (χ0n) is 12.3. The first-order valence-corrected chi connectivity index (χ1v) is 8.55. The molecule has 0 bridgehead atoms. The van der Waals surface area contributed by atoms with Gasteiger partial charge in [-0.25, -0.2) is 0 Å². The molecule has 0 aliphatic heterocycles. The van der Waals surface area contributed by atoms with Crippen LogP contribution in [0.3, 0.4) is 0 Å². The molecule has 0 atom stereocenters. The molecule has 0 aliphatic carbocycles. The molecule has 0 radical (unpaired) electrons. The van der Waals surface area contributed by atoms with Gasteiger partial charge in [0, 0.05) is 13.2 Å². The van der Waals surface area contributed by atoms with Gasteiger partial charge in [0.1, 0.15) is 0 Å². The van der Waals surface area contributed by atoms with Crippen LogP contribution in [0, 0.1) is 11.8 Å². The number of nitrogens with one attached hydrogen (secondary N) is 2. The topological polar surface area (TPSA) is 42.5 Å². The Morgan fingerprint density at radius 2 is 1.18 bits per heavy atom. The molecule has 104 valence electrons. The van der Waals surface area contributed by atoms with Gasteiger partial charge in [0.25, 0.3) is 0 Å². The average Bonchev–Trinajstić information content (AvgIpc) is 2.24. The van der Waals surface area contributed by atoms with Crippen LogP contribution in [0.25, 0.3) is 0 Å². The van der Waals surface area contributed by atoms with Crippen LogP contribution in [-0.2, 0) is 8.85 Å². The van der Waals surface area contributed by atoms with Gasteiger partial charge in [-0.1, -0.05) is 41.5 Å². The van der Waals surface area contributed by atoms with Crippen molar-refractivity contribution in [1.29, 1.82) is 0 Å². The Balaban J connectivity index is 4.47. The molecule has 0 aromatic heterocycles. The molecule has 4 nitrogen and oxygen atoms in total. The summed E-state index contributed by atoms with van der Waals surface area (Å²) in [5, 5.41) is 0. The van der Waals surface area contributed by atoms with Gasteiger partial charge in [-0.05, 0) is 24.9 Å². The predicted octanol–water partition coefficient (Wildman–Crippen LogP) is 1.99. The second-order valence-electron chi connectivity index (χ2n) is 5.09. The Morgan fingerprint density at radius 3 is 1.41 bits per heavy atom. The molecule has 0 aromatic carbocycles. The molecule has 0 saturated carbocycles. The van der Waals surface area contributed by atoms with Crippen LogP contribution in [-0.4, -0.2) is 35.2 Å². The highest BCUT2D eigenvalue weighted by Gasteiger charge is 2.38. The highest BCUT2D eigenvalue weighted by molar-refractivity contribution is 6.62. The molecule has 0 amide bonds. The number of hydrogen-bond acceptors (Lipinski definition) is 4. The van der Waals surface area contributed by atoms with Gasteiger partial charge in [-0.15, -0.1) is 0 Å². The van der Waals surface area contributed by atoms with Gasteiger partial charge >= 0.3 is 8.88 Å². The van der Waals surface area contributed by atoms with Crippen LogP contribution in [0.4, 0.5) is 0 Å². The Bertz CT molecular complexity index is 169. The summed E-state index contributed by atoms with van der Waals surface area (Å²) in [6.07, 6.45) is 0. The second kappa shape index (κ2) is 9.05. The lowest BCUT2D eigenvalue weighted by atomic mass is 10.2. The summed E-state index contributed by atoms with van der Waals surface area (Å²) in [6.45, 7) is 15.9. The second-order valence-corrected chi connectivity index (χ2v) is 7.60. The summed E-state index contributed by atoms with van der Waals surface area (Å²) >= 11 is 0. The molecular formula is C12H30N2O2Si. The van der Waals surface area contributed by atoms with Gasteiger partial charge < -0.3 is 8.85 Å². The van der Waals surface area contributed by atoms with E-state index in [0.717, 1.165) is 26.3 Å². The summed E-state index contributed by atoms with van der Waals surface area (Å²) in [7, 11) is -2.42. The van der Waals surface area contributed by atoms with Gasteiger partial charge in [0.2, 0.25) is 0 Å². The predicted molar refractivity (Wildman–Crippen MR) is 74.7 cm³/mol. The van der Waals surface area contributed by atoms with E-state index in [1.165, 1.54) is 0 Å². The van der Waals surface area contributed by atoms with Crippen LogP contribution in [0.15, 0.2) is 0 Å². The first-order chi connectivity index (χ1) is 7.95. The SMILES string of the molecule is CCN[Si](NCC)(OCC(C)C)OCC(C)C. The fourth-order valence-electron chi connectivity index (χ4n) is 1.34. The Labute approximate surface area is 108 Å². The average molecular weight is 262 g/mol. The van der Waals surface area contributed by atoms with E-state index in [-0.39, 0.29) is 0 Å². The summed E-state index contributed by atoms with van der Waals surface area (Å²) < 4.78 is 12.0. The van der Waals surface area contributed by atoms with E-state index in [0.29, 0.717) is 11.8 Å². The van der Waals surface area contributed by atoms with Crippen molar-refractivity contribution >= 4 is 8.88 Å². The maximum Gasteiger partial charge on any atom is 0.516 e. The van der Waals surface area contributed by atoms with E-state index < -0.39 is 8.88 Å². The molecular weight excluding hydrogens is 232 g/mol. The molecule has 0 aliphatic rings. The molecule has 0 unspecified atom stereocenters. The van der Waals surface area contributed by atoms with Gasteiger partial charge in [-0.2, -0.15) is 0 Å². The standard InChI is InChI=1S/C12H30N2O2Si/c1-7-13-17(14-8-2,15-9-11(3)4)16-10-12(5)6/h11-14H,7-10H2,1-6H3. The lowest BCUT2D eigenvalue weighted by Gasteiger charge is -2.31. The van der Waals surface area contributed by atoms with Crippen molar-refractivity contribution in [1.82, 2.24) is 9.96 Å². The fourth-order valence-corrected chi connectivity index (χ4v) is 4.03. The van der Waals surface area contributed by atoms with E-state index >= 15 is 0 Å². The Hall–Kier alpha value is 0.0569. The summed E-state index contributed by atoms with van der Waals surface area (Å²) in [4.78, 5) is 6.78. The van der Waals surface area contributed by atoms with E-state index in [9.17, 15) is 0 Å². The molecule has 0 aromatic rings. The van der Waals surface area contributed by atoms with Crippen molar-refractivity contribution in [2.45, 2.75) is 41.5 Å². The van der Waals surface area contributed by atoms with Crippen molar-refractivity contribution < 1.29 is 8.85 Å². The maximum atomic E-state index is 6.02. The Kier molecular flexibility index (Phi) is 9.08. The highest BCUT2D eigenvalue weighted by atomic mass is 28.4. The first-order valence-electron chi connectivity index (χ1n) is 6.73. The normalized spacial score (nSPS) is 12.7. The van der Waals surface area contributed by atoms with Crippen LogP contribution in [0.2, 0.25) is 0 Å². The first kappa shape index (κ1) is 17.1. The largest absolute Gasteiger partial charge is 0.516 e. The quantitative estimate of drug-likeness (QED) is 0.591. The zero-order chi connectivity index (χ0) is 13.3. The third-order valence-electron chi connectivity index (χ3n) is 2.06. The molecule has 0 heterocycles. The molecule has 2 N–H and O–H groups in total. The van der Waals surface area contributed by atoms with Crippen molar-refractivity contribution in [3.05, 3.63) is 0 Å². The van der Waals surface area contributed by atoms with E-state index in [2.05, 4.69) is 51.5 Å².